The third-order valence-electron chi connectivity index (χ3n) is 4.46. The van der Waals surface area contributed by atoms with E-state index in [1.807, 2.05) is 36.5 Å². The van der Waals surface area contributed by atoms with Crippen LogP contribution in [0.3, 0.4) is 0 Å². The maximum Gasteiger partial charge on any atom is 0.272 e. The normalized spacial score (nSPS) is 21.9. The number of rotatable bonds is 4. The molecular weight excluding hydrogens is 276 g/mol. The van der Waals surface area contributed by atoms with Gasteiger partial charge >= 0.3 is 0 Å². The average Bonchev–Trinajstić information content (AvgIpc) is 3.10. The van der Waals surface area contributed by atoms with Crippen LogP contribution in [0.1, 0.15) is 29.8 Å². The predicted octanol–water partition coefficient (Wildman–Crippen LogP) is 1.84. The molecule has 0 radical (unpaired) electrons. The highest BCUT2D eigenvalue weighted by atomic mass is 16.2. The van der Waals surface area contributed by atoms with Crippen molar-refractivity contribution in [1.82, 2.24) is 20.0 Å². The lowest BCUT2D eigenvalue weighted by Crippen LogP contribution is -2.37. The second kappa shape index (κ2) is 5.57. The summed E-state index contributed by atoms with van der Waals surface area (Å²) in [6.07, 6.45) is 5.52. The van der Waals surface area contributed by atoms with Gasteiger partial charge in [-0.15, -0.1) is 0 Å². The van der Waals surface area contributed by atoms with E-state index < -0.39 is 0 Å². The van der Waals surface area contributed by atoms with E-state index in [2.05, 4.69) is 15.3 Å². The molecule has 2 heterocycles. The van der Waals surface area contributed by atoms with Crippen LogP contribution in [0.2, 0.25) is 0 Å². The second-order valence-electron chi connectivity index (χ2n) is 6.17. The van der Waals surface area contributed by atoms with Gasteiger partial charge < -0.3 is 5.32 Å². The molecule has 22 heavy (non-hydrogen) atoms. The van der Waals surface area contributed by atoms with Crippen molar-refractivity contribution in [2.45, 2.75) is 31.3 Å². The smallest absolute Gasteiger partial charge is 0.272 e. The number of hydrogen-bond donors (Lipinski definition) is 1. The number of aromatic nitrogens is 2. The number of nitrogens with zero attached hydrogens (tertiary/aromatic N) is 3. The van der Waals surface area contributed by atoms with Gasteiger partial charge in [0.05, 0.1) is 5.69 Å². The molecule has 5 nitrogen and oxygen atoms in total. The van der Waals surface area contributed by atoms with Crippen LogP contribution in [0.5, 0.6) is 0 Å². The van der Waals surface area contributed by atoms with Crippen LogP contribution >= 0.6 is 0 Å². The zero-order chi connectivity index (χ0) is 14.9. The van der Waals surface area contributed by atoms with E-state index in [4.69, 9.17) is 0 Å². The highest BCUT2D eigenvalue weighted by Gasteiger charge is 2.34. The van der Waals surface area contributed by atoms with Gasteiger partial charge in [0.1, 0.15) is 0 Å². The molecule has 2 aliphatic rings. The van der Waals surface area contributed by atoms with Gasteiger partial charge in [-0.1, -0.05) is 18.2 Å². The number of para-hydroxylation sites is 1. The maximum absolute atomic E-state index is 12.3. The van der Waals surface area contributed by atoms with Crippen molar-refractivity contribution in [3.63, 3.8) is 0 Å². The van der Waals surface area contributed by atoms with Crippen molar-refractivity contribution in [3.8, 4) is 5.69 Å². The molecule has 1 aliphatic heterocycles. The van der Waals surface area contributed by atoms with E-state index in [9.17, 15) is 4.79 Å². The Morgan fingerprint density at radius 3 is 2.73 bits per heavy atom. The Kier molecular flexibility index (Phi) is 3.42. The monoisotopic (exact) mass is 296 g/mol. The van der Waals surface area contributed by atoms with E-state index in [0.717, 1.165) is 31.2 Å². The van der Waals surface area contributed by atoms with Crippen LogP contribution in [0.15, 0.2) is 42.6 Å². The summed E-state index contributed by atoms with van der Waals surface area (Å²) in [5.74, 6) is -0.0719. The van der Waals surface area contributed by atoms with Gasteiger partial charge in [0.2, 0.25) is 0 Å². The first-order valence-electron chi connectivity index (χ1n) is 7.95. The van der Waals surface area contributed by atoms with Gasteiger partial charge in [0, 0.05) is 31.4 Å². The lowest BCUT2D eigenvalue weighted by molar-refractivity contribution is 0.0932. The van der Waals surface area contributed by atoms with Crippen molar-refractivity contribution < 1.29 is 4.79 Å². The number of carbonyl (C=O) groups excluding carboxylic acids is 1. The summed E-state index contributed by atoms with van der Waals surface area (Å²) in [6, 6.07) is 12.6. The fraction of sp³-hybridized carbons (Fsp3) is 0.412. The molecule has 0 bridgehead atoms. The Balaban J connectivity index is 1.40. The molecule has 1 unspecified atom stereocenters. The van der Waals surface area contributed by atoms with Crippen molar-refractivity contribution >= 4 is 5.91 Å². The van der Waals surface area contributed by atoms with E-state index in [1.54, 1.807) is 10.7 Å². The molecule has 0 spiro atoms. The van der Waals surface area contributed by atoms with Crippen LogP contribution in [0.25, 0.3) is 5.69 Å². The fourth-order valence-corrected chi connectivity index (χ4v) is 3.11. The number of hydrogen-bond acceptors (Lipinski definition) is 3. The topological polar surface area (TPSA) is 50.2 Å². The highest BCUT2D eigenvalue weighted by molar-refractivity contribution is 5.92. The molecule has 1 amide bonds. The highest BCUT2D eigenvalue weighted by Crippen LogP contribution is 2.29. The first-order chi connectivity index (χ1) is 10.8. The van der Waals surface area contributed by atoms with E-state index in [-0.39, 0.29) is 11.9 Å². The molecule has 5 heteroatoms. The quantitative estimate of drug-likeness (QED) is 0.936. The zero-order valence-corrected chi connectivity index (χ0v) is 12.5. The summed E-state index contributed by atoms with van der Waals surface area (Å²) < 4.78 is 1.74. The molecule has 1 saturated heterocycles. The first-order valence-corrected chi connectivity index (χ1v) is 7.95. The summed E-state index contributed by atoms with van der Waals surface area (Å²) in [5, 5.41) is 7.50. The Morgan fingerprint density at radius 1 is 1.14 bits per heavy atom. The summed E-state index contributed by atoms with van der Waals surface area (Å²) >= 11 is 0. The van der Waals surface area contributed by atoms with Crippen LogP contribution in [0.4, 0.5) is 0 Å². The van der Waals surface area contributed by atoms with Crippen LogP contribution in [0, 0.1) is 0 Å². The van der Waals surface area contributed by atoms with Crippen molar-refractivity contribution in [3.05, 3.63) is 48.3 Å². The lowest BCUT2D eigenvalue weighted by atomic mass is 10.2. The van der Waals surface area contributed by atoms with E-state index in [0.29, 0.717) is 5.69 Å². The standard InChI is InChI=1S/C17H20N4O/c22-17(18-13-8-10-20(12-13)14-6-7-14)16-9-11-21(19-16)15-4-2-1-3-5-15/h1-5,9,11,13-14H,6-8,10,12H2,(H,18,22). The van der Waals surface area contributed by atoms with Crippen LogP contribution in [-0.4, -0.2) is 45.8 Å². The maximum atomic E-state index is 12.3. The Morgan fingerprint density at radius 2 is 1.95 bits per heavy atom. The van der Waals surface area contributed by atoms with Gasteiger partial charge in [0.25, 0.3) is 5.91 Å². The predicted molar refractivity (Wildman–Crippen MR) is 84.0 cm³/mol. The number of amides is 1. The Labute approximate surface area is 129 Å². The Bertz CT molecular complexity index is 662. The summed E-state index contributed by atoms with van der Waals surface area (Å²) in [4.78, 5) is 14.8. The minimum absolute atomic E-state index is 0.0719. The molecule has 1 atom stereocenters. The molecule has 4 rings (SSSR count). The molecule has 1 aromatic heterocycles. The van der Waals surface area contributed by atoms with Gasteiger partial charge in [-0.3, -0.25) is 9.69 Å². The minimum Gasteiger partial charge on any atom is -0.347 e. The van der Waals surface area contributed by atoms with E-state index >= 15 is 0 Å². The van der Waals surface area contributed by atoms with Crippen molar-refractivity contribution in [1.29, 1.82) is 0 Å². The molecule has 1 aromatic carbocycles. The molecule has 1 N–H and O–H groups in total. The molecule has 1 saturated carbocycles. The zero-order valence-electron chi connectivity index (χ0n) is 12.5. The average molecular weight is 296 g/mol. The largest absolute Gasteiger partial charge is 0.347 e. The molecule has 1 aliphatic carbocycles. The second-order valence-corrected chi connectivity index (χ2v) is 6.17. The molecular formula is C17H20N4O. The SMILES string of the molecule is O=C(NC1CCN(C2CC2)C1)c1ccn(-c2ccccc2)n1. The number of benzene rings is 1. The van der Waals surface area contributed by atoms with E-state index in [1.165, 1.54) is 12.8 Å². The van der Waals surface area contributed by atoms with Crippen molar-refractivity contribution in [2.24, 2.45) is 0 Å². The number of likely N-dealkylation sites (tertiary alicyclic amines) is 1. The number of carbonyl (C=O) groups is 1. The third kappa shape index (κ3) is 2.76. The third-order valence-corrected chi connectivity index (χ3v) is 4.46. The van der Waals surface area contributed by atoms with Gasteiger partial charge in [-0.25, -0.2) is 4.68 Å². The van der Waals surface area contributed by atoms with Crippen LogP contribution in [-0.2, 0) is 0 Å². The lowest BCUT2D eigenvalue weighted by Gasteiger charge is -2.15. The summed E-state index contributed by atoms with van der Waals surface area (Å²) in [5.41, 5.74) is 1.44. The van der Waals surface area contributed by atoms with Crippen molar-refractivity contribution in [2.75, 3.05) is 13.1 Å². The fourth-order valence-electron chi connectivity index (χ4n) is 3.11. The van der Waals surface area contributed by atoms with Gasteiger partial charge in [0.15, 0.2) is 5.69 Å². The molecule has 2 fully saturated rings. The Hall–Kier alpha value is -2.14. The van der Waals surface area contributed by atoms with Crippen LogP contribution < -0.4 is 5.32 Å². The molecule has 114 valence electrons. The first kappa shape index (κ1) is 13.5. The van der Waals surface area contributed by atoms with Gasteiger partial charge in [-0.05, 0) is 37.5 Å². The van der Waals surface area contributed by atoms with Gasteiger partial charge in [-0.2, -0.15) is 5.10 Å². The molecule has 2 aromatic rings. The minimum atomic E-state index is -0.0719. The summed E-state index contributed by atoms with van der Waals surface area (Å²) in [6.45, 7) is 2.09. The number of nitrogens with one attached hydrogen (secondary N) is 1. The summed E-state index contributed by atoms with van der Waals surface area (Å²) in [7, 11) is 0.